The van der Waals surface area contributed by atoms with Crippen molar-refractivity contribution in [3.8, 4) is 0 Å². The second-order valence-electron chi connectivity index (χ2n) is 4.84. The molecule has 0 bridgehead atoms. The van der Waals surface area contributed by atoms with E-state index in [9.17, 15) is 4.39 Å². The first kappa shape index (κ1) is 11.9. The zero-order valence-electron chi connectivity index (χ0n) is 10.3. The molecule has 18 heavy (non-hydrogen) atoms. The van der Waals surface area contributed by atoms with Gasteiger partial charge in [-0.25, -0.2) is 4.39 Å². The van der Waals surface area contributed by atoms with Crippen LogP contribution in [0.25, 0.3) is 0 Å². The highest BCUT2D eigenvalue weighted by molar-refractivity contribution is 7.07. The summed E-state index contributed by atoms with van der Waals surface area (Å²) in [5.74, 6) is -0.0556. The van der Waals surface area contributed by atoms with Crippen LogP contribution in [0.4, 0.5) is 4.39 Å². The van der Waals surface area contributed by atoms with Crippen LogP contribution in [0.15, 0.2) is 35.0 Å². The molecule has 2 atom stereocenters. The Bertz CT molecular complexity index is 535. The Balaban J connectivity index is 1.79. The summed E-state index contributed by atoms with van der Waals surface area (Å²) in [4.78, 5) is 0. The zero-order valence-corrected chi connectivity index (χ0v) is 11.1. The molecule has 2 unspecified atom stereocenters. The first-order chi connectivity index (χ1) is 8.75. The number of fused-ring (bicyclic) bond motifs is 1. The molecular formula is C15H16FNS. The van der Waals surface area contributed by atoms with E-state index in [-0.39, 0.29) is 11.9 Å². The van der Waals surface area contributed by atoms with E-state index in [0.29, 0.717) is 6.04 Å². The lowest BCUT2D eigenvalue weighted by molar-refractivity contribution is 0.465. The predicted molar refractivity (Wildman–Crippen MR) is 73.3 cm³/mol. The Kier molecular flexibility index (Phi) is 3.18. The number of hydrogen-bond acceptors (Lipinski definition) is 2. The summed E-state index contributed by atoms with van der Waals surface area (Å²) in [7, 11) is 0. The van der Waals surface area contributed by atoms with Crippen LogP contribution in [0.2, 0.25) is 0 Å². The van der Waals surface area contributed by atoms with Gasteiger partial charge in [0.1, 0.15) is 5.82 Å². The predicted octanol–water partition coefficient (Wildman–Crippen LogP) is 4.23. The van der Waals surface area contributed by atoms with E-state index >= 15 is 0 Å². The standard InChI is InChI=1S/C15H16FNS/c1-10(11-7-8-18-9-11)17-15-6-5-12-13(15)3-2-4-14(12)16/h2-4,7-10,15,17H,5-6H2,1H3. The molecule has 0 amide bonds. The van der Waals surface area contributed by atoms with Crippen LogP contribution in [0.1, 0.15) is 42.1 Å². The fraction of sp³-hybridized carbons (Fsp3) is 0.333. The number of benzene rings is 1. The Morgan fingerprint density at radius 1 is 1.39 bits per heavy atom. The van der Waals surface area contributed by atoms with Gasteiger partial charge in [-0.2, -0.15) is 11.3 Å². The monoisotopic (exact) mass is 261 g/mol. The maximum absolute atomic E-state index is 13.6. The van der Waals surface area contributed by atoms with Crippen molar-refractivity contribution in [2.45, 2.75) is 31.8 Å². The van der Waals surface area contributed by atoms with Gasteiger partial charge in [0.15, 0.2) is 0 Å². The minimum atomic E-state index is -0.0556. The second kappa shape index (κ2) is 4.82. The molecule has 0 radical (unpaired) electrons. The van der Waals surface area contributed by atoms with Crippen molar-refractivity contribution in [3.05, 3.63) is 57.5 Å². The van der Waals surface area contributed by atoms with E-state index in [2.05, 4.69) is 29.1 Å². The summed E-state index contributed by atoms with van der Waals surface area (Å²) in [5.41, 5.74) is 3.34. The first-order valence-electron chi connectivity index (χ1n) is 6.31. The highest BCUT2D eigenvalue weighted by Crippen LogP contribution is 2.34. The van der Waals surface area contributed by atoms with Gasteiger partial charge in [-0.15, -0.1) is 0 Å². The molecule has 0 saturated carbocycles. The molecular weight excluding hydrogens is 245 g/mol. The molecule has 1 aliphatic rings. The van der Waals surface area contributed by atoms with Crippen LogP contribution in [0.3, 0.4) is 0 Å². The van der Waals surface area contributed by atoms with Gasteiger partial charge in [-0.1, -0.05) is 12.1 Å². The highest BCUT2D eigenvalue weighted by atomic mass is 32.1. The summed E-state index contributed by atoms with van der Waals surface area (Å²) in [5, 5.41) is 7.86. The van der Waals surface area contributed by atoms with Gasteiger partial charge in [-0.05, 0) is 59.3 Å². The fourth-order valence-corrected chi connectivity index (χ4v) is 3.46. The SMILES string of the molecule is CC(NC1CCc2c(F)cccc21)c1ccsc1. The van der Waals surface area contributed by atoms with Crippen molar-refractivity contribution in [1.82, 2.24) is 5.32 Å². The van der Waals surface area contributed by atoms with Gasteiger partial charge in [0, 0.05) is 12.1 Å². The van der Waals surface area contributed by atoms with Gasteiger partial charge < -0.3 is 5.32 Å². The minimum absolute atomic E-state index is 0.0556. The summed E-state index contributed by atoms with van der Waals surface area (Å²) in [6, 6.07) is 8.15. The van der Waals surface area contributed by atoms with Gasteiger partial charge in [0.25, 0.3) is 0 Å². The molecule has 3 heteroatoms. The van der Waals surface area contributed by atoms with Crippen LogP contribution in [0, 0.1) is 5.82 Å². The van der Waals surface area contributed by atoms with Crippen LogP contribution in [-0.2, 0) is 6.42 Å². The Morgan fingerprint density at radius 3 is 3.06 bits per heavy atom. The molecule has 0 spiro atoms. The lowest BCUT2D eigenvalue weighted by Gasteiger charge is -2.19. The fourth-order valence-electron chi connectivity index (χ4n) is 2.70. The van der Waals surface area contributed by atoms with Crippen LogP contribution < -0.4 is 5.32 Å². The van der Waals surface area contributed by atoms with Crippen LogP contribution in [0.5, 0.6) is 0 Å². The topological polar surface area (TPSA) is 12.0 Å². The van der Waals surface area contributed by atoms with Crippen LogP contribution in [-0.4, -0.2) is 0 Å². The van der Waals surface area contributed by atoms with E-state index < -0.39 is 0 Å². The molecule has 1 aromatic heterocycles. The number of rotatable bonds is 3. The largest absolute Gasteiger partial charge is 0.303 e. The Morgan fingerprint density at radius 2 is 2.28 bits per heavy atom. The Labute approximate surface area is 111 Å². The number of hydrogen-bond donors (Lipinski definition) is 1. The van der Waals surface area contributed by atoms with E-state index in [0.717, 1.165) is 24.0 Å². The maximum atomic E-state index is 13.6. The molecule has 1 heterocycles. The van der Waals surface area contributed by atoms with E-state index in [1.165, 1.54) is 5.56 Å². The third-order valence-electron chi connectivity index (χ3n) is 3.71. The Hall–Kier alpha value is -1.19. The van der Waals surface area contributed by atoms with Gasteiger partial charge in [0.2, 0.25) is 0 Å². The molecule has 94 valence electrons. The summed E-state index contributed by atoms with van der Waals surface area (Å²) in [6.45, 7) is 2.17. The van der Waals surface area contributed by atoms with Crippen molar-refractivity contribution in [1.29, 1.82) is 0 Å². The third kappa shape index (κ3) is 2.08. The van der Waals surface area contributed by atoms with Gasteiger partial charge >= 0.3 is 0 Å². The lowest BCUT2D eigenvalue weighted by Crippen LogP contribution is -2.22. The average molecular weight is 261 g/mol. The van der Waals surface area contributed by atoms with Crippen molar-refractivity contribution < 1.29 is 4.39 Å². The highest BCUT2D eigenvalue weighted by Gasteiger charge is 2.25. The molecule has 1 N–H and O–H groups in total. The van der Waals surface area contributed by atoms with E-state index in [1.807, 2.05) is 12.1 Å². The van der Waals surface area contributed by atoms with Crippen molar-refractivity contribution in [3.63, 3.8) is 0 Å². The normalized spacial score (nSPS) is 19.8. The first-order valence-corrected chi connectivity index (χ1v) is 7.25. The molecule has 1 aromatic carbocycles. The van der Waals surface area contributed by atoms with Crippen LogP contribution >= 0.6 is 11.3 Å². The average Bonchev–Trinajstić information content (AvgIpc) is 2.99. The van der Waals surface area contributed by atoms with Gasteiger partial charge in [-0.3, -0.25) is 0 Å². The second-order valence-corrected chi connectivity index (χ2v) is 5.62. The maximum Gasteiger partial charge on any atom is 0.126 e. The van der Waals surface area contributed by atoms with Crippen molar-refractivity contribution in [2.24, 2.45) is 0 Å². The van der Waals surface area contributed by atoms with Crippen molar-refractivity contribution in [2.75, 3.05) is 0 Å². The number of halogens is 1. The van der Waals surface area contributed by atoms with E-state index in [4.69, 9.17) is 0 Å². The number of thiophene rings is 1. The summed E-state index contributed by atoms with van der Waals surface area (Å²) in [6.07, 6.45) is 1.83. The van der Waals surface area contributed by atoms with E-state index in [1.54, 1.807) is 17.4 Å². The quantitative estimate of drug-likeness (QED) is 0.872. The molecule has 1 aliphatic carbocycles. The smallest absolute Gasteiger partial charge is 0.126 e. The molecule has 0 aliphatic heterocycles. The summed E-state index contributed by atoms with van der Waals surface area (Å²) < 4.78 is 13.6. The molecule has 1 nitrogen and oxygen atoms in total. The molecule has 0 fully saturated rings. The third-order valence-corrected chi connectivity index (χ3v) is 4.41. The lowest BCUT2D eigenvalue weighted by atomic mass is 10.1. The zero-order chi connectivity index (χ0) is 12.5. The number of nitrogens with one attached hydrogen (secondary N) is 1. The molecule has 2 aromatic rings. The molecule has 3 rings (SSSR count). The molecule has 0 saturated heterocycles. The van der Waals surface area contributed by atoms with Crippen molar-refractivity contribution >= 4 is 11.3 Å². The summed E-state index contributed by atoms with van der Waals surface area (Å²) >= 11 is 1.71. The minimum Gasteiger partial charge on any atom is -0.303 e. The van der Waals surface area contributed by atoms with Gasteiger partial charge in [0.05, 0.1) is 0 Å².